The van der Waals surface area contributed by atoms with E-state index in [2.05, 4.69) is 15.3 Å². The summed E-state index contributed by atoms with van der Waals surface area (Å²) in [6, 6.07) is 0. The Morgan fingerprint density at radius 1 is 1.40 bits per heavy atom. The van der Waals surface area contributed by atoms with Crippen molar-refractivity contribution >= 4 is 11.8 Å². The van der Waals surface area contributed by atoms with E-state index in [0.717, 1.165) is 43.6 Å². The van der Waals surface area contributed by atoms with Crippen LogP contribution in [-0.2, 0) is 4.79 Å². The third kappa shape index (κ3) is 3.37. The van der Waals surface area contributed by atoms with E-state index in [0.29, 0.717) is 11.8 Å². The van der Waals surface area contributed by atoms with Crippen LogP contribution in [0, 0.1) is 18.8 Å². The molecule has 0 unspecified atom stereocenters. The summed E-state index contributed by atoms with van der Waals surface area (Å²) < 4.78 is 5.16. The molecule has 2 N–H and O–H groups in total. The number of carbonyl (C=O) groups is 1. The number of aliphatic carboxylic acids is 1. The van der Waals surface area contributed by atoms with E-state index in [4.69, 9.17) is 9.84 Å². The first-order chi connectivity index (χ1) is 9.61. The first-order valence-electron chi connectivity index (χ1n) is 6.94. The molecule has 110 valence electrons. The maximum absolute atomic E-state index is 10.9. The van der Waals surface area contributed by atoms with Gasteiger partial charge in [-0.25, -0.2) is 9.97 Å². The summed E-state index contributed by atoms with van der Waals surface area (Å²) >= 11 is 0. The lowest BCUT2D eigenvalue weighted by Crippen LogP contribution is -2.25. The van der Waals surface area contributed by atoms with E-state index >= 15 is 0 Å². The standard InChI is InChI=1S/C14H21N3O3/c1-9-12(16-8-17-13(9)20-2)15-7-10-3-5-11(6-4-10)14(18)19/h8,10-11H,3-7H2,1-2H3,(H,18,19)(H,15,16,17). The molecule has 0 bridgehead atoms. The number of aromatic nitrogens is 2. The van der Waals surface area contributed by atoms with Crippen molar-refractivity contribution in [2.24, 2.45) is 11.8 Å². The van der Waals surface area contributed by atoms with Crippen LogP contribution in [0.1, 0.15) is 31.2 Å². The number of carboxylic acid groups (broad SMARTS) is 1. The molecule has 1 aliphatic carbocycles. The van der Waals surface area contributed by atoms with E-state index < -0.39 is 5.97 Å². The van der Waals surface area contributed by atoms with Gasteiger partial charge in [-0.15, -0.1) is 0 Å². The lowest BCUT2D eigenvalue weighted by Gasteiger charge is -2.26. The molecule has 1 fully saturated rings. The van der Waals surface area contributed by atoms with Gasteiger partial charge in [0.15, 0.2) is 0 Å². The highest BCUT2D eigenvalue weighted by molar-refractivity contribution is 5.70. The van der Waals surface area contributed by atoms with Gasteiger partial charge in [0.05, 0.1) is 18.6 Å². The van der Waals surface area contributed by atoms with E-state index in [-0.39, 0.29) is 5.92 Å². The molecule has 1 heterocycles. The van der Waals surface area contributed by atoms with E-state index in [1.807, 2.05) is 6.92 Å². The Labute approximate surface area is 118 Å². The molecule has 0 spiro atoms. The molecule has 6 nitrogen and oxygen atoms in total. The topological polar surface area (TPSA) is 84.3 Å². The average Bonchev–Trinajstić information content (AvgIpc) is 2.46. The number of nitrogens with one attached hydrogen (secondary N) is 1. The highest BCUT2D eigenvalue weighted by Gasteiger charge is 2.25. The molecule has 0 aromatic carbocycles. The molecule has 1 aromatic rings. The van der Waals surface area contributed by atoms with E-state index in [1.165, 1.54) is 6.33 Å². The SMILES string of the molecule is COc1ncnc(NCC2CCC(C(=O)O)CC2)c1C. The number of hydrogen-bond donors (Lipinski definition) is 2. The zero-order chi connectivity index (χ0) is 14.5. The maximum atomic E-state index is 10.9. The normalized spacial score (nSPS) is 22.3. The monoisotopic (exact) mass is 279 g/mol. The molecule has 0 saturated heterocycles. The van der Waals surface area contributed by atoms with Gasteiger partial charge in [-0.3, -0.25) is 4.79 Å². The van der Waals surface area contributed by atoms with E-state index in [1.54, 1.807) is 7.11 Å². The van der Waals surface area contributed by atoms with Crippen molar-refractivity contribution < 1.29 is 14.6 Å². The van der Waals surface area contributed by atoms with Crippen molar-refractivity contribution in [3.05, 3.63) is 11.9 Å². The summed E-state index contributed by atoms with van der Waals surface area (Å²) in [5.74, 6) is 1.06. The molecular formula is C14H21N3O3. The molecule has 1 saturated carbocycles. The van der Waals surface area contributed by atoms with E-state index in [9.17, 15) is 4.79 Å². The van der Waals surface area contributed by atoms with Crippen LogP contribution in [-0.4, -0.2) is 34.7 Å². The summed E-state index contributed by atoms with van der Waals surface area (Å²) in [4.78, 5) is 19.2. The Bertz CT molecular complexity index is 471. The van der Waals surface area contributed by atoms with Crippen LogP contribution in [0.15, 0.2) is 6.33 Å². The van der Waals surface area contributed by atoms with Crippen molar-refractivity contribution in [1.82, 2.24) is 9.97 Å². The van der Waals surface area contributed by atoms with Crippen molar-refractivity contribution in [1.29, 1.82) is 0 Å². The molecule has 0 atom stereocenters. The number of methoxy groups -OCH3 is 1. The number of ether oxygens (including phenoxy) is 1. The second kappa shape index (κ2) is 6.54. The zero-order valence-corrected chi connectivity index (χ0v) is 11.9. The van der Waals surface area contributed by atoms with Crippen LogP contribution in [0.5, 0.6) is 5.88 Å². The largest absolute Gasteiger partial charge is 0.481 e. The quantitative estimate of drug-likeness (QED) is 0.858. The highest BCUT2D eigenvalue weighted by atomic mass is 16.5. The van der Waals surface area contributed by atoms with Gasteiger partial charge in [-0.1, -0.05) is 0 Å². The third-order valence-electron chi connectivity index (χ3n) is 3.99. The molecular weight excluding hydrogens is 258 g/mol. The van der Waals surface area contributed by atoms with Crippen LogP contribution in [0.4, 0.5) is 5.82 Å². The fourth-order valence-electron chi connectivity index (χ4n) is 2.67. The van der Waals surface area contributed by atoms with Gasteiger partial charge in [-0.2, -0.15) is 0 Å². The van der Waals surface area contributed by atoms with Crippen LogP contribution in [0.25, 0.3) is 0 Å². The Morgan fingerprint density at radius 3 is 2.70 bits per heavy atom. The van der Waals surface area contributed by atoms with Gasteiger partial charge < -0.3 is 15.2 Å². The number of carboxylic acids is 1. The van der Waals surface area contributed by atoms with Crippen molar-refractivity contribution in [2.45, 2.75) is 32.6 Å². The van der Waals surface area contributed by atoms with Gasteiger partial charge in [0, 0.05) is 6.54 Å². The number of hydrogen-bond acceptors (Lipinski definition) is 5. The molecule has 1 aliphatic rings. The minimum Gasteiger partial charge on any atom is -0.481 e. The fraction of sp³-hybridized carbons (Fsp3) is 0.643. The lowest BCUT2D eigenvalue weighted by molar-refractivity contribution is -0.143. The highest BCUT2D eigenvalue weighted by Crippen LogP contribution is 2.29. The summed E-state index contributed by atoms with van der Waals surface area (Å²) in [6.07, 6.45) is 4.92. The number of nitrogens with zero attached hydrogens (tertiary/aromatic N) is 2. The molecule has 2 rings (SSSR count). The predicted molar refractivity (Wildman–Crippen MR) is 74.9 cm³/mol. The molecule has 0 aliphatic heterocycles. The van der Waals surface area contributed by atoms with Crippen LogP contribution in [0.2, 0.25) is 0 Å². The maximum Gasteiger partial charge on any atom is 0.306 e. The Kier molecular flexibility index (Phi) is 4.76. The van der Waals surface area contributed by atoms with Gasteiger partial charge in [0.2, 0.25) is 5.88 Å². The van der Waals surface area contributed by atoms with Crippen molar-refractivity contribution in [3.8, 4) is 5.88 Å². The first kappa shape index (κ1) is 14.6. The number of rotatable bonds is 5. The number of anilines is 1. The minimum atomic E-state index is -0.659. The second-order valence-electron chi connectivity index (χ2n) is 5.29. The third-order valence-corrected chi connectivity index (χ3v) is 3.99. The fourth-order valence-corrected chi connectivity index (χ4v) is 2.67. The summed E-state index contributed by atoms with van der Waals surface area (Å²) in [7, 11) is 1.59. The van der Waals surface area contributed by atoms with Gasteiger partial charge >= 0.3 is 5.97 Å². The zero-order valence-electron chi connectivity index (χ0n) is 11.9. The molecule has 1 aromatic heterocycles. The first-order valence-corrected chi connectivity index (χ1v) is 6.94. The minimum absolute atomic E-state index is 0.160. The summed E-state index contributed by atoms with van der Waals surface area (Å²) in [5.41, 5.74) is 0.897. The Hall–Kier alpha value is -1.85. The van der Waals surface area contributed by atoms with Crippen LogP contribution >= 0.6 is 0 Å². The molecule has 20 heavy (non-hydrogen) atoms. The lowest BCUT2D eigenvalue weighted by atomic mass is 9.82. The molecule has 0 amide bonds. The van der Waals surface area contributed by atoms with Gasteiger partial charge in [-0.05, 0) is 38.5 Å². The Balaban J connectivity index is 1.86. The van der Waals surface area contributed by atoms with Crippen molar-refractivity contribution in [3.63, 3.8) is 0 Å². The van der Waals surface area contributed by atoms with Gasteiger partial charge in [0.1, 0.15) is 12.1 Å². The smallest absolute Gasteiger partial charge is 0.306 e. The van der Waals surface area contributed by atoms with Crippen LogP contribution < -0.4 is 10.1 Å². The molecule has 0 radical (unpaired) electrons. The molecule has 6 heteroatoms. The summed E-state index contributed by atoms with van der Waals surface area (Å²) in [6.45, 7) is 2.73. The second-order valence-corrected chi connectivity index (χ2v) is 5.29. The van der Waals surface area contributed by atoms with Crippen LogP contribution in [0.3, 0.4) is 0 Å². The van der Waals surface area contributed by atoms with Crippen molar-refractivity contribution in [2.75, 3.05) is 19.0 Å². The summed E-state index contributed by atoms with van der Waals surface area (Å²) in [5, 5.41) is 12.3. The predicted octanol–water partition coefficient (Wildman–Crippen LogP) is 2.10. The average molecular weight is 279 g/mol. The Morgan fingerprint density at radius 2 is 2.10 bits per heavy atom. The van der Waals surface area contributed by atoms with Gasteiger partial charge in [0.25, 0.3) is 0 Å².